The molecule has 2 aromatic rings. The van der Waals surface area contributed by atoms with E-state index in [0.717, 1.165) is 48.6 Å². The molecule has 0 aliphatic carbocycles. The second kappa shape index (κ2) is 13.2. The Morgan fingerprint density at radius 3 is 2.49 bits per heavy atom. The minimum absolute atomic E-state index is 0.0512. The smallest absolute Gasteiger partial charge is 0.243 e. The van der Waals surface area contributed by atoms with Gasteiger partial charge in [0.05, 0.1) is 0 Å². The summed E-state index contributed by atoms with van der Waals surface area (Å²) in [4.78, 5) is 41.2. The van der Waals surface area contributed by atoms with E-state index in [2.05, 4.69) is 28.1 Å². The molecular weight excluding hydrogens is 440 g/mol. The molecule has 1 unspecified atom stereocenters. The van der Waals surface area contributed by atoms with Crippen molar-refractivity contribution in [2.45, 2.75) is 64.5 Å². The van der Waals surface area contributed by atoms with Gasteiger partial charge >= 0.3 is 0 Å². The zero-order valence-electron chi connectivity index (χ0n) is 21.3. The second-order valence-corrected chi connectivity index (χ2v) is 9.40. The molecule has 190 valence electrons. The average molecular weight is 481 g/mol. The Bertz CT molecular complexity index is 1000. The predicted molar refractivity (Wildman–Crippen MR) is 140 cm³/mol. The lowest BCUT2D eigenvalue weighted by molar-refractivity contribution is -0.142. The average Bonchev–Trinajstić information content (AvgIpc) is 3.37. The molecule has 1 fully saturated rings. The molecule has 3 amide bonds. The molecule has 35 heavy (non-hydrogen) atoms. The Labute approximate surface area is 209 Å². The molecular formula is C28H40N4O3. The van der Waals surface area contributed by atoms with Gasteiger partial charge in [-0.2, -0.15) is 0 Å². The third kappa shape index (κ3) is 7.04. The molecule has 1 aliphatic heterocycles. The van der Waals surface area contributed by atoms with E-state index in [-0.39, 0.29) is 23.6 Å². The molecule has 1 heterocycles. The Morgan fingerprint density at radius 2 is 1.77 bits per heavy atom. The van der Waals surface area contributed by atoms with Gasteiger partial charge in [-0.1, -0.05) is 56.3 Å². The number of hydrogen-bond acceptors (Lipinski definition) is 4. The lowest BCUT2D eigenvalue weighted by Gasteiger charge is -2.29. The molecule has 0 aromatic heterocycles. The Morgan fingerprint density at radius 1 is 1.03 bits per heavy atom. The monoisotopic (exact) mass is 480 g/mol. The van der Waals surface area contributed by atoms with Gasteiger partial charge in [-0.15, -0.1) is 0 Å². The number of benzene rings is 2. The maximum Gasteiger partial charge on any atom is 0.243 e. The van der Waals surface area contributed by atoms with Crippen molar-refractivity contribution in [2.75, 3.05) is 26.7 Å². The van der Waals surface area contributed by atoms with Crippen LogP contribution in [0.1, 0.15) is 51.5 Å². The maximum absolute atomic E-state index is 13.4. The van der Waals surface area contributed by atoms with E-state index in [1.54, 1.807) is 4.90 Å². The first-order valence-electron chi connectivity index (χ1n) is 13.0. The molecule has 7 nitrogen and oxygen atoms in total. The van der Waals surface area contributed by atoms with Crippen molar-refractivity contribution in [3.05, 3.63) is 48.0 Å². The molecule has 3 N–H and O–H groups in total. The van der Waals surface area contributed by atoms with Crippen molar-refractivity contribution in [1.82, 2.24) is 20.9 Å². The summed E-state index contributed by atoms with van der Waals surface area (Å²) >= 11 is 0. The van der Waals surface area contributed by atoms with Crippen molar-refractivity contribution in [3.63, 3.8) is 0 Å². The van der Waals surface area contributed by atoms with E-state index in [0.29, 0.717) is 25.9 Å². The molecule has 1 aliphatic rings. The summed E-state index contributed by atoms with van der Waals surface area (Å²) in [7, 11) is 1.88. The van der Waals surface area contributed by atoms with E-state index in [1.807, 2.05) is 51.2 Å². The highest BCUT2D eigenvalue weighted by molar-refractivity contribution is 5.93. The quantitative estimate of drug-likeness (QED) is 0.408. The highest BCUT2D eigenvalue weighted by Gasteiger charge is 2.37. The number of fused-ring (bicyclic) bond motifs is 1. The van der Waals surface area contributed by atoms with Gasteiger partial charge in [0.25, 0.3) is 0 Å². The lowest BCUT2D eigenvalue weighted by atomic mass is 10.00. The van der Waals surface area contributed by atoms with E-state index >= 15 is 0 Å². The van der Waals surface area contributed by atoms with Crippen LogP contribution in [0.25, 0.3) is 10.8 Å². The minimum Gasteiger partial charge on any atom is -0.354 e. The number of nitrogens with one attached hydrogen (secondary N) is 3. The summed E-state index contributed by atoms with van der Waals surface area (Å²) in [5.41, 5.74) is 0.982. The molecule has 3 rings (SSSR count). The summed E-state index contributed by atoms with van der Waals surface area (Å²) in [5, 5.41) is 11.3. The van der Waals surface area contributed by atoms with Gasteiger partial charge in [0.2, 0.25) is 17.7 Å². The largest absolute Gasteiger partial charge is 0.354 e. The third-order valence-corrected chi connectivity index (χ3v) is 6.96. The molecule has 0 spiro atoms. The topological polar surface area (TPSA) is 90.5 Å². The lowest BCUT2D eigenvalue weighted by Crippen LogP contribution is -2.54. The van der Waals surface area contributed by atoms with Crippen LogP contribution in [0.2, 0.25) is 0 Å². The summed E-state index contributed by atoms with van der Waals surface area (Å²) in [6.45, 7) is 5.95. The number of carbonyl (C=O) groups excluding carboxylic acids is 3. The first-order valence-corrected chi connectivity index (χ1v) is 13.0. The van der Waals surface area contributed by atoms with Gasteiger partial charge in [-0.05, 0) is 62.0 Å². The zero-order chi connectivity index (χ0) is 25.2. The minimum atomic E-state index is -0.705. The Kier molecular flexibility index (Phi) is 10.1. The third-order valence-electron chi connectivity index (χ3n) is 6.96. The van der Waals surface area contributed by atoms with Crippen molar-refractivity contribution >= 4 is 28.5 Å². The Balaban J connectivity index is 1.75. The van der Waals surface area contributed by atoms with Crippen molar-refractivity contribution < 1.29 is 14.4 Å². The molecule has 2 aromatic carbocycles. The van der Waals surface area contributed by atoms with Crippen LogP contribution in [-0.4, -0.2) is 61.4 Å². The molecule has 7 heteroatoms. The number of nitrogens with zero attached hydrogens (tertiary/aromatic N) is 1. The van der Waals surface area contributed by atoms with Gasteiger partial charge < -0.3 is 20.9 Å². The fourth-order valence-corrected chi connectivity index (χ4v) is 4.85. The molecule has 2 atom stereocenters. The summed E-state index contributed by atoms with van der Waals surface area (Å²) < 4.78 is 0. The van der Waals surface area contributed by atoms with Gasteiger partial charge in [-0.25, -0.2) is 0 Å². The first-order chi connectivity index (χ1) is 17.0. The number of rotatable bonds is 12. The van der Waals surface area contributed by atoms with E-state index < -0.39 is 12.1 Å². The van der Waals surface area contributed by atoms with Crippen LogP contribution in [0.3, 0.4) is 0 Å². The van der Waals surface area contributed by atoms with E-state index in [1.165, 1.54) is 0 Å². The van der Waals surface area contributed by atoms with E-state index in [4.69, 9.17) is 0 Å². The summed E-state index contributed by atoms with van der Waals surface area (Å²) in [5.74, 6) is -0.445. The second-order valence-electron chi connectivity index (χ2n) is 9.40. The van der Waals surface area contributed by atoms with Gasteiger partial charge in [0.15, 0.2) is 0 Å². The standard InChI is InChI=1S/C28H40N4O3/c1-4-21(5-2)28(35)32-17-8-12-25(32)27(34)31-24(26(33)30-16-9-15-29-3)19-20-13-14-22-10-6-7-11-23(22)18-20/h6-7,10-11,13-14,18,21,24-25,29H,4-5,8-9,12,15-17,19H2,1-3H3,(H,30,33)(H,31,34)/t24-,25?/m1/s1. The maximum atomic E-state index is 13.4. The summed E-state index contributed by atoms with van der Waals surface area (Å²) in [6, 6.07) is 13.0. The molecule has 1 saturated heterocycles. The van der Waals surface area contributed by atoms with Crippen LogP contribution < -0.4 is 16.0 Å². The molecule has 0 saturated carbocycles. The van der Waals surface area contributed by atoms with Gasteiger partial charge in [-0.3, -0.25) is 14.4 Å². The zero-order valence-corrected chi connectivity index (χ0v) is 21.3. The highest BCUT2D eigenvalue weighted by Crippen LogP contribution is 2.23. The SMILES string of the molecule is CCC(CC)C(=O)N1CCCC1C(=O)N[C@H](Cc1ccc2ccccc2c1)C(=O)NCCCNC. The fourth-order valence-electron chi connectivity index (χ4n) is 4.85. The molecule has 0 bridgehead atoms. The van der Waals surface area contributed by atoms with Crippen molar-refractivity contribution in [2.24, 2.45) is 5.92 Å². The van der Waals surface area contributed by atoms with Crippen LogP contribution in [-0.2, 0) is 20.8 Å². The van der Waals surface area contributed by atoms with Crippen LogP contribution in [0.4, 0.5) is 0 Å². The van der Waals surface area contributed by atoms with Crippen LogP contribution in [0, 0.1) is 5.92 Å². The summed E-state index contributed by atoms with van der Waals surface area (Å²) in [6.07, 6.45) is 4.15. The van der Waals surface area contributed by atoms with Crippen LogP contribution >= 0.6 is 0 Å². The number of carbonyl (C=O) groups is 3. The van der Waals surface area contributed by atoms with Gasteiger partial charge in [0, 0.05) is 25.4 Å². The van der Waals surface area contributed by atoms with Crippen LogP contribution in [0.5, 0.6) is 0 Å². The predicted octanol–water partition coefficient (Wildman–Crippen LogP) is 3.02. The number of likely N-dealkylation sites (tertiary alicyclic amines) is 1. The number of hydrogen-bond donors (Lipinski definition) is 3. The first kappa shape index (κ1) is 26.7. The normalized spacial score (nSPS) is 16.5. The van der Waals surface area contributed by atoms with Gasteiger partial charge in [0.1, 0.15) is 12.1 Å². The fraction of sp³-hybridized carbons (Fsp3) is 0.536. The molecule has 0 radical (unpaired) electrons. The van der Waals surface area contributed by atoms with Crippen molar-refractivity contribution in [3.8, 4) is 0 Å². The Hall–Kier alpha value is -2.93. The van der Waals surface area contributed by atoms with Crippen LogP contribution in [0.15, 0.2) is 42.5 Å². The number of amides is 3. The highest BCUT2D eigenvalue weighted by atomic mass is 16.2. The van der Waals surface area contributed by atoms with Crippen molar-refractivity contribution in [1.29, 1.82) is 0 Å². The van der Waals surface area contributed by atoms with E-state index in [9.17, 15) is 14.4 Å².